The van der Waals surface area contributed by atoms with Crippen molar-refractivity contribution in [3.05, 3.63) is 70.3 Å². The fourth-order valence-corrected chi connectivity index (χ4v) is 3.55. The Morgan fingerprint density at radius 2 is 0.962 bits per heavy atom. The zero-order chi connectivity index (χ0) is 18.6. The van der Waals surface area contributed by atoms with E-state index in [4.69, 9.17) is 10.2 Å². The quantitative estimate of drug-likeness (QED) is 0.509. The SMILES string of the molecule is Cc1nn(-c2ccc(-n3nc(C)c(C)c3C)c3ccccc23)c(C)c1C. The van der Waals surface area contributed by atoms with Crippen LogP contribution in [-0.4, -0.2) is 19.6 Å². The van der Waals surface area contributed by atoms with E-state index in [1.165, 1.54) is 33.3 Å². The molecule has 2 aromatic heterocycles. The first-order valence-electron chi connectivity index (χ1n) is 8.98. The summed E-state index contributed by atoms with van der Waals surface area (Å²) >= 11 is 0. The van der Waals surface area contributed by atoms with Crippen molar-refractivity contribution in [1.82, 2.24) is 19.6 Å². The first-order chi connectivity index (χ1) is 12.4. The van der Waals surface area contributed by atoms with Gasteiger partial charge in [-0.25, -0.2) is 9.36 Å². The van der Waals surface area contributed by atoms with Crippen LogP contribution in [0.2, 0.25) is 0 Å². The van der Waals surface area contributed by atoms with Gasteiger partial charge in [0.05, 0.1) is 22.8 Å². The zero-order valence-electron chi connectivity index (χ0n) is 16.3. The van der Waals surface area contributed by atoms with Crippen molar-refractivity contribution in [1.29, 1.82) is 0 Å². The van der Waals surface area contributed by atoms with E-state index in [0.717, 1.165) is 22.8 Å². The lowest BCUT2D eigenvalue weighted by molar-refractivity contribution is 0.828. The average molecular weight is 344 g/mol. The maximum absolute atomic E-state index is 4.76. The Labute approximate surface area is 154 Å². The smallest absolute Gasteiger partial charge is 0.0728 e. The number of hydrogen-bond donors (Lipinski definition) is 0. The molecular weight excluding hydrogens is 320 g/mol. The van der Waals surface area contributed by atoms with Gasteiger partial charge in [-0.15, -0.1) is 0 Å². The summed E-state index contributed by atoms with van der Waals surface area (Å²) in [4.78, 5) is 0. The van der Waals surface area contributed by atoms with Crippen LogP contribution in [0.15, 0.2) is 36.4 Å². The molecule has 4 aromatic rings. The van der Waals surface area contributed by atoms with Gasteiger partial charge in [-0.1, -0.05) is 24.3 Å². The lowest BCUT2D eigenvalue weighted by Crippen LogP contribution is -2.04. The highest BCUT2D eigenvalue weighted by molar-refractivity contribution is 5.96. The molecule has 0 fully saturated rings. The summed E-state index contributed by atoms with van der Waals surface area (Å²) in [6.07, 6.45) is 0. The largest absolute Gasteiger partial charge is 0.237 e. The Bertz CT molecular complexity index is 1050. The van der Waals surface area contributed by atoms with Crippen molar-refractivity contribution in [3.8, 4) is 11.4 Å². The second-order valence-electron chi connectivity index (χ2n) is 7.06. The second-order valence-corrected chi connectivity index (χ2v) is 7.06. The summed E-state index contributed by atoms with van der Waals surface area (Å²) in [7, 11) is 0. The van der Waals surface area contributed by atoms with Crippen LogP contribution < -0.4 is 0 Å². The molecule has 2 aromatic carbocycles. The molecule has 4 nitrogen and oxygen atoms in total. The Morgan fingerprint density at radius 3 is 1.27 bits per heavy atom. The van der Waals surface area contributed by atoms with Gasteiger partial charge in [0.2, 0.25) is 0 Å². The first-order valence-corrected chi connectivity index (χ1v) is 8.98. The molecule has 0 unspecified atom stereocenters. The highest BCUT2D eigenvalue weighted by Crippen LogP contribution is 2.30. The van der Waals surface area contributed by atoms with Crippen molar-refractivity contribution in [2.24, 2.45) is 0 Å². The molecule has 2 heterocycles. The minimum absolute atomic E-state index is 1.07. The fraction of sp³-hybridized carbons (Fsp3) is 0.273. The van der Waals surface area contributed by atoms with Gasteiger partial charge in [0.1, 0.15) is 0 Å². The van der Waals surface area contributed by atoms with Crippen LogP contribution in [0.25, 0.3) is 22.1 Å². The normalized spacial score (nSPS) is 11.5. The van der Waals surface area contributed by atoms with Gasteiger partial charge in [-0.2, -0.15) is 10.2 Å². The van der Waals surface area contributed by atoms with Crippen molar-refractivity contribution in [2.75, 3.05) is 0 Å². The molecule has 26 heavy (non-hydrogen) atoms. The lowest BCUT2D eigenvalue weighted by atomic mass is 10.1. The fourth-order valence-electron chi connectivity index (χ4n) is 3.55. The van der Waals surface area contributed by atoms with E-state index in [-0.39, 0.29) is 0 Å². The third-order valence-electron chi connectivity index (χ3n) is 5.64. The standard InChI is InChI=1S/C22H24N4/c1-13-15(3)23-25(17(13)5)21-11-12-22(20-10-8-7-9-19(20)21)26-18(6)14(2)16(4)24-26/h7-12H,1-6H3. The predicted octanol–water partition coefficient (Wildman–Crippen LogP) is 5.06. The first kappa shape index (κ1) is 16.6. The molecule has 0 saturated carbocycles. The van der Waals surface area contributed by atoms with Gasteiger partial charge in [0.15, 0.2) is 0 Å². The summed E-state index contributed by atoms with van der Waals surface area (Å²) in [5.74, 6) is 0. The van der Waals surface area contributed by atoms with Gasteiger partial charge in [-0.3, -0.25) is 0 Å². The zero-order valence-corrected chi connectivity index (χ0v) is 16.3. The highest BCUT2D eigenvalue weighted by atomic mass is 15.3. The molecule has 0 aliphatic carbocycles. The van der Waals surface area contributed by atoms with Crippen LogP contribution >= 0.6 is 0 Å². The number of nitrogens with zero attached hydrogens (tertiary/aromatic N) is 4. The van der Waals surface area contributed by atoms with E-state index in [0.29, 0.717) is 0 Å². The van der Waals surface area contributed by atoms with E-state index < -0.39 is 0 Å². The molecule has 0 saturated heterocycles. The summed E-state index contributed by atoms with van der Waals surface area (Å²) < 4.78 is 4.12. The maximum atomic E-state index is 4.76. The summed E-state index contributed by atoms with van der Waals surface area (Å²) in [5, 5.41) is 11.9. The number of rotatable bonds is 2. The van der Waals surface area contributed by atoms with E-state index in [9.17, 15) is 0 Å². The average Bonchev–Trinajstić information content (AvgIpc) is 3.05. The maximum Gasteiger partial charge on any atom is 0.0728 e. The van der Waals surface area contributed by atoms with Gasteiger partial charge in [0.25, 0.3) is 0 Å². The van der Waals surface area contributed by atoms with Crippen LogP contribution in [0.1, 0.15) is 33.9 Å². The number of hydrogen-bond acceptors (Lipinski definition) is 2. The summed E-state index contributed by atoms with van der Waals surface area (Å²) in [6.45, 7) is 12.6. The van der Waals surface area contributed by atoms with Crippen LogP contribution in [0, 0.1) is 41.5 Å². The molecule has 4 rings (SSSR count). The van der Waals surface area contributed by atoms with Crippen LogP contribution in [0.5, 0.6) is 0 Å². The van der Waals surface area contributed by atoms with Crippen LogP contribution in [-0.2, 0) is 0 Å². The van der Waals surface area contributed by atoms with Crippen LogP contribution in [0.4, 0.5) is 0 Å². The molecule has 0 spiro atoms. The Morgan fingerprint density at radius 1 is 0.577 bits per heavy atom. The predicted molar refractivity (Wildman–Crippen MR) is 107 cm³/mol. The van der Waals surface area contributed by atoms with Crippen molar-refractivity contribution in [2.45, 2.75) is 41.5 Å². The van der Waals surface area contributed by atoms with Gasteiger partial charge in [-0.05, 0) is 64.8 Å². The van der Waals surface area contributed by atoms with E-state index in [1.54, 1.807) is 0 Å². The molecular formula is C22H24N4. The highest BCUT2D eigenvalue weighted by Gasteiger charge is 2.16. The summed E-state index contributed by atoms with van der Waals surface area (Å²) in [6, 6.07) is 12.8. The molecule has 4 heteroatoms. The van der Waals surface area contributed by atoms with E-state index in [1.807, 2.05) is 0 Å². The molecule has 132 valence electrons. The lowest BCUT2D eigenvalue weighted by Gasteiger charge is -2.14. The van der Waals surface area contributed by atoms with Crippen molar-refractivity contribution >= 4 is 10.8 Å². The molecule has 0 aliphatic rings. The van der Waals surface area contributed by atoms with Crippen molar-refractivity contribution < 1.29 is 0 Å². The van der Waals surface area contributed by atoms with E-state index in [2.05, 4.69) is 87.3 Å². The molecule has 0 bridgehead atoms. The summed E-state index contributed by atoms with van der Waals surface area (Å²) in [5.41, 5.74) is 9.21. The third-order valence-corrected chi connectivity index (χ3v) is 5.64. The molecule has 0 aliphatic heterocycles. The number of benzene rings is 2. The van der Waals surface area contributed by atoms with Gasteiger partial charge in [0, 0.05) is 22.2 Å². The molecule has 0 radical (unpaired) electrons. The van der Waals surface area contributed by atoms with E-state index >= 15 is 0 Å². The number of aryl methyl sites for hydroxylation is 2. The molecule has 0 atom stereocenters. The van der Waals surface area contributed by atoms with Gasteiger partial charge >= 0.3 is 0 Å². The molecule has 0 N–H and O–H groups in total. The van der Waals surface area contributed by atoms with Crippen molar-refractivity contribution in [3.63, 3.8) is 0 Å². The second kappa shape index (κ2) is 5.84. The Balaban J connectivity index is 2.03. The topological polar surface area (TPSA) is 35.6 Å². The third kappa shape index (κ3) is 2.29. The number of fused-ring (bicyclic) bond motifs is 1. The Kier molecular flexibility index (Phi) is 3.72. The number of aromatic nitrogens is 4. The van der Waals surface area contributed by atoms with Gasteiger partial charge < -0.3 is 0 Å². The minimum Gasteiger partial charge on any atom is -0.237 e. The Hall–Kier alpha value is -2.88. The molecule has 0 amide bonds. The van der Waals surface area contributed by atoms with Crippen LogP contribution in [0.3, 0.4) is 0 Å². The monoisotopic (exact) mass is 344 g/mol. The minimum atomic E-state index is 1.07.